The summed E-state index contributed by atoms with van der Waals surface area (Å²) in [6, 6.07) is 71.9. The third-order valence-electron chi connectivity index (χ3n) is 17.7. The zero-order chi connectivity index (χ0) is 76.1. The third kappa shape index (κ3) is 24.3. The quantitative estimate of drug-likeness (QED) is 0.0270. The zero-order valence-corrected chi connectivity index (χ0v) is 58.0. The Kier molecular flexibility index (Phi) is 28.4. The first-order chi connectivity index (χ1) is 53.3. The van der Waals surface area contributed by atoms with E-state index in [1.54, 1.807) is 159 Å². The summed E-state index contributed by atoms with van der Waals surface area (Å²) >= 11 is 0. The van der Waals surface area contributed by atoms with Gasteiger partial charge in [0.05, 0.1) is 87.4 Å². The van der Waals surface area contributed by atoms with Crippen LogP contribution < -0.4 is 0 Å². The SMILES string of the molecule is [2H]C(OC[C@H]1OC(O[C@@H]2[C@H](OCc3ccccc3)[C@H](OCCCCCCCCC(=O)OCC)O[C@H](COC3O[C@H](COC([2H])c4ccccc4)[C@@H](OC([2H])c4ccccc4)[C@H](OC([2H])c4ccccc4)[C@@H]3OC([2H])c3ccccc3)[C@H]2OCc2ccccc2)[C@@H](O)[C@@H](OC([2H])c2ccccc2)[C@@H]1O)c1ccccc1. The Hall–Kier alpha value is -7.41. The van der Waals surface area contributed by atoms with E-state index in [1.807, 2.05) is 91.0 Å². The minimum Gasteiger partial charge on any atom is -0.466 e. The molecule has 0 aliphatic carbocycles. The Morgan fingerprint density at radius 2 is 0.689 bits per heavy atom. The van der Waals surface area contributed by atoms with Crippen LogP contribution in [0.3, 0.4) is 0 Å². The summed E-state index contributed by atoms with van der Waals surface area (Å²) in [6.07, 6.45) is -16.8. The van der Waals surface area contributed by atoms with Gasteiger partial charge in [0.2, 0.25) is 0 Å². The maximum absolute atomic E-state index is 12.9. The molecule has 548 valence electrons. The van der Waals surface area contributed by atoms with Gasteiger partial charge < -0.3 is 81.3 Å². The Morgan fingerprint density at radius 1 is 0.340 bits per heavy atom. The highest BCUT2D eigenvalue weighted by atomic mass is 16.8. The Morgan fingerprint density at radius 3 is 1.17 bits per heavy atom. The van der Waals surface area contributed by atoms with Gasteiger partial charge in [-0.2, -0.15) is 0 Å². The molecule has 8 unspecified atom stereocenters. The van der Waals surface area contributed by atoms with Gasteiger partial charge in [-0.1, -0.05) is 268 Å². The number of ether oxygens (including phenoxy) is 15. The number of hydrogen-bond donors (Lipinski definition) is 2. The van der Waals surface area contributed by atoms with Gasteiger partial charge in [0.25, 0.3) is 0 Å². The molecule has 103 heavy (non-hydrogen) atoms. The van der Waals surface area contributed by atoms with Crippen LogP contribution in [0.1, 0.15) is 105 Å². The van der Waals surface area contributed by atoms with Gasteiger partial charge in [-0.25, -0.2) is 0 Å². The highest BCUT2D eigenvalue weighted by molar-refractivity contribution is 5.69. The van der Waals surface area contributed by atoms with Crippen LogP contribution in [0, 0.1) is 0 Å². The highest BCUT2D eigenvalue weighted by Crippen LogP contribution is 2.38. The van der Waals surface area contributed by atoms with E-state index in [9.17, 15) is 21.9 Å². The fourth-order valence-electron chi connectivity index (χ4n) is 12.3. The average molecular weight is 1420 g/mol. The van der Waals surface area contributed by atoms with Crippen molar-refractivity contribution >= 4 is 5.97 Å². The van der Waals surface area contributed by atoms with E-state index in [0.29, 0.717) is 59.3 Å². The van der Waals surface area contributed by atoms with Crippen molar-refractivity contribution in [3.05, 3.63) is 287 Å². The van der Waals surface area contributed by atoms with Crippen molar-refractivity contribution in [1.82, 2.24) is 0 Å². The van der Waals surface area contributed by atoms with E-state index in [0.717, 1.165) is 36.8 Å². The van der Waals surface area contributed by atoms with E-state index in [-0.39, 0.29) is 32.4 Å². The monoisotopic (exact) mass is 1410 g/mol. The van der Waals surface area contributed by atoms with Crippen LogP contribution in [-0.2, 0) is 129 Å². The smallest absolute Gasteiger partial charge is 0.305 e. The molecule has 2 N–H and O–H groups in total. The molecule has 18 nitrogen and oxygen atoms in total. The van der Waals surface area contributed by atoms with E-state index >= 15 is 0 Å². The predicted octanol–water partition coefficient (Wildman–Crippen LogP) is 13.5. The van der Waals surface area contributed by atoms with Crippen molar-refractivity contribution in [2.24, 2.45) is 0 Å². The van der Waals surface area contributed by atoms with E-state index in [2.05, 4.69) is 0 Å². The largest absolute Gasteiger partial charge is 0.466 e. The highest BCUT2D eigenvalue weighted by Gasteiger charge is 2.55. The summed E-state index contributed by atoms with van der Waals surface area (Å²) in [7, 11) is 0. The summed E-state index contributed by atoms with van der Waals surface area (Å²) in [6.45, 7) is -7.18. The minimum atomic E-state index is -1.84. The molecule has 18 heteroatoms. The second-order valence-corrected chi connectivity index (χ2v) is 25.4. The molecule has 3 aliphatic heterocycles. The summed E-state index contributed by atoms with van der Waals surface area (Å²) in [5, 5.41) is 25.2. The first-order valence-corrected chi connectivity index (χ1v) is 35.6. The molecular formula is C85H100O18. The molecule has 8 aromatic carbocycles. The van der Waals surface area contributed by atoms with Crippen LogP contribution in [-0.4, -0.2) is 141 Å². The molecule has 0 saturated carbocycles. The molecular weight excluding hydrogens is 1310 g/mol. The van der Waals surface area contributed by atoms with Crippen molar-refractivity contribution in [3.63, 3.8) is 0 Å². The molecule has 11 rings (SSSR count). The number of benzene rings is 8. The molecule has 3 fully saturated rings. The van der Waals surface area contributed by atoms with Crippen molar-refractivity contribution in [1.29, 1.82) is 0 Å². The predicted molar refractivity (Wildman–Crippen MR) is 386 cm³/mol. The Balaban J connectivity index is 0.997. The van der Waals surface area contributed by atoms with E-state index in [4.69, 9.17) is 72.4 Å². The van der Waals surface area contributed by atoms with Gasteiger partial charge in [0, 0.05) is 13.0 Å². The molecule has 0 aromatic heterocycles. The normalized spacial score (nSPS) is 27.6. The van der Waals surface area contributed by atoms with Crippen LogP contribution in [0.25, 0.3) is 0 Å². The van der Waals surface area contributed by atoms with Gasteiger partial charge >= 0.3 is 5.97 Å². The van der Waals surface area contributed by atoms with Gasteiger partial charge in [0.1, 0.15) is 73.2 Å². The summed E-state index contributed by atoms with van der Waals surface area (Å²) in [5.74, 6) is -0.221. The Labute approximate surface area is 614 Å². The molecule has 0 radical (unpaired) electrons. The average Bonchev–Trinajstić information content (AvgIpc) is 0.772. The topological polar surface area (TPSA) is 196 Å². The minimum absolute atomic E-state index is 0.0183. The molecule has 3 aliphatic rings. The summed E-state index contributed by atoms with van der Waals surface area (Å²) < 4.78 is 158. The van der Waals surface area contributed by atoms with Crippen LogP contribution >= 0.6 is 0 Å². The molecule has 0 amide bonds. The zero-order valence-electron chi connectivity index (χ0n) is 64.0. The number of carbonyl (C=O) groups is 1. The number of esters is 1. The summed E-state index contributed by atoms with van der Waals surface area (Å²) in [5.41, 5.74) is 4.42. The van der Waals surface area contributed by atoms with Crippen LogP contribution in [0.2, 0.25) is 0 Å². The van der Waals surface area contributed by atoms with Crippen LogP contribution in [0.15, 0.2) is 243 Å². The summed E-state index contributed by atoms with van der Waals surface area (Å²) in [4.78, 5) is 12.2. The van der Waals surface area contributed by atoms with Crippen molar-refractivity contribution in [2.75, 3.05) is 33.0 Å². The van der Waals surface area contributed by atoms with Crippen molar-refractivity contribution in [2.45, 2.75) is 197 Å². The fourth-order valence-corrected chi connectivity index (χ4v) is 12.3. The number of hydrogen-bond acceptors (Lipinski definition) is 18. The molecule has 3 saturated heterocycles. The maximum Gasteiger partial charge on any atom is 0.305 e. The lowest BCUT2D eigenvalue weighted by atomic mass is 9.95. The van der Waals surface area contributed by atoms with Crippen molar-refractivity contribution < 1.29 is 94.3 Å². The number of rotatable bonds is 42. The standard InChI is InChI=1S/C85H100O18/c1-2-91-73(86)49-31-5-3-4-6-32-50-92-84-82(98-58-69-47-29-14-30-48-69)80(103-83-75(88)78(95-55-66-41-23-11-24-42-66)74(87)70(100-83)59-89-51-62-33-15-7-16-34-62)77(94-54-65-39-21-10-22-40-65)72(102-84)61-99-85-81(97-57-68-45-27-13-28-46-68)79(96-56-67-43-25-12-26-44-67)76(93-53-64-37-19-9-20-38-64)71(101-85)60-90-52-63-35-17-8-18-36-63/h7-30,33-48,70-72,74-85,87-88H,2-6,31-32,49-61H2,1H3/t70-,71-,72-,74-,75+,76-,77-,78+,79+,80+,81+,82+,83?,84-,85?/m1/s1/i51D,52D,53D,55D,56D,57D/t51?,52?,53?,55?,56?,57?,70-,71-,72-,74-,75+,76-,77-,78+,79+,80+,81+,82+,83?,84-,85?. The van der Waals surface area contributed by atoms with Gasteiger partial charge in [-0.05, 0) is 64.3 Å². The second-order valence-electron chi connectivity index (χ2n) is 25.4. The van der Waals surface area contributed by atoms with Gasteiger partial charge in [-0.15, -0.1) is 0 Å². The molecule has 21 atom stereocenters. The van der Waals surface area contributed by atoms with Gasteiger partial charge in [0.15, 0.2) is 18.9 Å². The fraction of sp³-hybridized carbons (Fsp3) is 0.424. The van der Waals surface area contributed by atoms with E-state index in [1.165, 1.54) is 0 Å². The number of aliphatic hydroxyl groups excluding tert-OH is 2. The molecule has 8 aromatic rings. The molecule has 3 heterocycles. The Bertz CT molecular complexity index is 3810. The maximum atomic E-state index is 12.9. The lowest BCUT2D eigenvalue weighted by Gasteiger charge is -2.49. The van der Waals surface area contributed by atoms with Crippen LogP contribution in [0.4, 0.5) is 0 Å². The lowest BCUT2D eigenvalue weighted by Crippen LogP contribution is -2.66. The third-order valence-corrected chi connectivity index (χ3v) is 17.7. The number of carbonyl (C=O) groups excluding carboxylic acids is 1. The first kappa shape index (κ1) is 68.7. The van der Waals surface area contributed by atoms with Gasteiger partial charge in [-0.3, -0.25) is 4.79 Å². The van der Waals surface area contributed by atoms with Crippen LogP contribution in [0.5, 0.6) is 0 Å². The number of unbranched alkanes of at least 4 members (excludes halogenated alkanes) is 5. The number of aliphatic hydroxyl groups is 2. The second kappa shape index (κ2) is 42.5. The van der Waals surface area contributed by atoms with E-state index < -0.39 is 145 Å². The first-order valence-electron chi connectivity index (χ1n) is 39.1. The molecule has 0 bridgehead atoms. The molecule has 0 spiro atoms. The van der Waals surface area contributed by atoms with Crippen molar-refractivity contribution in [3.8, 4) is 0 Å². The lowest BCUT2D eigenvalue weighted by molar-refractivity contribution is -0.379.